The minimum atomic E-state index is -4.48. The van der Waals surface area contributed by atoms with Gasteiger partial charge in [0.1, 0.15) is 24.2 Å². The highest BCUT2D eigenvalue weighted by Gasteiger charge is 2.36. The summed E-state index contributed by atoms with van der Waals surface area (Å²) in [7, 11) is -1.69. The molecule has 0 radical (unpaired) electrons. The second-order valence-electron chi connectivity index (χ2n) is 12.2. The van der Waals surface area contributed by atoms with Crippen molar-refractivity contribution < 1.29 is 36.3 Å². The van der Waals surface area contributed by atoms with Crippen LogP contribution in [0.3, 0.4) is 0 Å². The highest BCUT2D eigenvalue weighted by atomic mass is 32.2. The van der Waals surface area contributed by atoms with Gasteiger partial charge in [-0.3, -0.25) is 13.9 Å². The van der Waals surface area contributed by atoms with E-state index in [-0.39, 0.29) is 41.2 Å². The molecule has 1 aliphatic carbocycles. The summed E-state index contributed by atoms with van der Waals surface area (Å²) in [4.78, 5) is 30.0. The third-order valence-electron chi connectivity index (χ3n) is 8.83. The average Bonchev–Trinajstić information content (AvgIpc) is 3.13. The quantitative estimate of drug-likeness (QED) is 0.166. The molecule has 1 unspecified atom stereocenters. The third-order valence-corrected chi connectivity index (χ3v) is 10.6. The molecule has 9 nitrogen and oxygen atoms in total. The number of carbonyl (C=O) groups is 2. The molecule has 5 rings (SSSR count). The number of benzene rings is 4. The van der Waals surface area contributed by atoms with Gasteiger partial charge >= 0.3 is 0 Å². The number of hydrogen-bond acceptors (Lipinski definition) is 6. The van der Waals surface area contributed by atoms with Crippen molar-refractivity contribution in [3.05, 3.63) is 120 Å². The largest absolute Gasteiger partial charge is 0.493 e. The molecule has 0 saturated heterocycles. The van der Waals surface area contributed by atoms with E-state index in [0.29, 0.717) is 11.3 Å². The van der Waals surface area contributed by atoms with Crippen molar-refractivity contribution in [2.75, 3.05) is 25.1 Å². The maximum atomic E-state index is 14.6. The molecule has 1 aliphatic rings. The molecule has 0 heterocycles. The molecule has 0 spiro atoms. The van der Waals surface area contributed by atoms with Crippen molar-refractivity contribution >= 4 is 27.5 Å². The van der Waals surface area contributed by atoms with Gasteiger partial charge in [0.2, 0.25) is 11.8 Å². The molecule has 4 aromatic carbocycles. The number of rotatable bonds is 14. The fourth-order valence-corrected chi connectivity index (χ4v) is 7.56. The van der Waals surface area contributed by atoms with E-state index >= 15 is 0 Å². The number of anilines is 1. The zero-order chi connectivity index (χ0) is 35.7. The minimum Gasteiger partial charge on any atom is -0.493 e. The maximum Gasteiger partial charge on any atom is 0.264 e. The Kier molecular flexibility index (Phi) is 12.1. The number of sulfonamides is 1. The predicted octanol–water partition coefficient (Wildman–Crippen LogP) is 6.27. The summed E-state index contributed by atoms with van der Waals surface area (Å²) in [5, 5.41) is 3.15. The molecule has 0 bridgehead atoms. The van der Waals surface area contributed by atoms with E-state index < -0.39 is 40.2 Å². The molecule has 12 heteroatoms. The van der Waals surface area contributed by atoms with Crippen LogP contribution in [0.4, 0.5) is 14.5 Å². The van der Waals surface area contributed by atoms with Gasteiger partial charge in [0, 0.05) is 25.1 Å². The van der Waals surface area contributed by atoms with Gasteiger partial charge in [0.25, 0.3) is 10.0 Å². The second-order valence-corrected chi connectivity index (χ2v) is 14.1. The first-order valence-corrected chi connectivity index (χ1v) is 17.9. The lowest BCUT2D eigenvalue weighted by atomic mass is 9.94. The van der Waals surface area contributed by atoms with Gasteiger partial charge < -0.3 is 19.7 Å². The molecule has 2 amide bonds. The standard InChI is InChI=1S/C38H41F2N3O6S/c1-48-35-22-21-33(24-36(35)49-2)50(46,47)43(32-19-17-30(40)18-20-32)26-37(44)42(25-28-13-15-29(39)16-14-28)34(23-27-9-5-3-6-10-27)38(45)41-31-11-7-4-8-12-31/h3,5-6,9-10,13-22,24,31,34H,4,7-8,11-12,23,25-26H2,1-2H3,(H,41,45). The van der Waals surface area contributed by atoms with E-state index in [4.69, 9.17) is 9.47 Å². The summed E-state index contributed by atoms with van der Waals surface area (Å²) in [6, 6.07) is 22.5. The Morgan fingerprint density at radius 2 is 1.42 bits per heavy atom. The van der Waals surface area contributed by atoms with Crippen LogP contribution in [0.15, 0.2) is 102 Å². The van der Waals surface area contributed by atoms with Crippen LogP contribution in [0.2, 0.25) is 0 Å². The van der Waals surface area contributed by atoms with Gasteiger partial charge in [0.05, 0.1) is 24.8 Å². The van der Waals surface area contributed by atoms with Crippen molar-refractivity contribution in [2.45, 2.75) is 62.0 Å². The monoisotopic (exact) mass is 705 g/mol. The number of ether oxygens (including phenoxy) is 2. The van der Waals surface area contributed by atoms with Gasteiger partial charge in [-0.25, -0.2) is 17.2 Å². The highest BCUT2D eigenvalue weighted by molar-refractivity contribution is 7.92. The van der Waals surface area contributed by atoms with Gasteiger partial charge in [-0.1, -0.05) is 61.7 Å². The number of nitrogens with zero attached hydrogens (tertiary/aromatic N) is 2. The Hall–Kier alpha value is -4.97. The summed E-state index contributed by atoms with van der Waals surface area (Å²) < 4.78 is 68.2. The molecule has 1 atom stereocenters. The SMILES string of the molecule is COc1ccc(S(=O)(=O)N(CC(=O)N(Cc2ccc(F)cc2)C(Cc2ccccc2)C(=O)NC2CCCCC2)c2ccc(F)cc2)cc1OC. The van der Waals surface area contributed by atoms with Gasteiger partial charge in [-0.15, -0.1) is 0 Å². The van der Waals surface area contributed by atoms with E-state index in [1.54, 1.807) is 0 Å². The first-order valence-electron chi connectivity index (χ1n) is 16.5. The van der Waals surface area contributed by atoms with Crippen LogP contribution in [0.25, 0.3) is 0 Å². The molecule has 0 aromatic heterocycles. The summed E-state index contributed by atoms with van der Waals surface area (Å²) >= 11 is 0. The van der Waals surface area contributed by atoms with Crippen LogP contribution in [-0.2, 0) is 32.6 Å². The van der Waals surface area contributed by atoms with E-state index in [1.165, 1.54) is 73.7 Å². The zero-order valence-electron chi connectivity index (χ0n) is 28.1. The number of carbonyl (C=O) groups excluding carboxylic acids is 2. The van der Waals surface area contributed by atoms with Crippen LogP contribution in [0, 0.1) is 11.6 Å². The summed E-state index contributed by atoms with van der Waals surface area (Å²) in [6.45, 7) is -0.839. The maximum absolute atomic E-state index is 14.6. The molecule has 0 aliphatic heterocycles. The van der Waals surface area contributed by atoms with Crippen LogP contribution >= 0.6 is 0 Å². The normalized spacial score (nSPS) is 14.0. The second kappa shape index (κ2) is 16.6. The van der Waals surface area contributed by atoms with Crippen molar-refractivity contribution in [3.8, 4) is 11.5 Å². The number of nitrogens with one attached hydrogen (secondary N) is 1. The molecule has 1 N–H and O–H groups in total. The van der Waals surface area contributed by atoms with E-state index in [2.05, 4.69) is 5.32 Å². The van der Waals surface area contributed by atoms with Crippen molar-refractivity contribution in [1.29, 1.82) is 0 Å². The van der Waals surface area contributed by atoms with Crippen LogP contribution in [-0.4, -0.2) is 58.0 Å². The zero-order valence-corrected chi connectivity index (χ0v) is 28.9. The Bertz CT molecular complexity index is 1850. The summed E-state index contributed by atoms with van der Waals surface area (Å²) in [5.74, 6) is -1.67. The van der Waals surface area contributed by atoms with Crippen molar-refractivity contribution in [1.82, 2.24) is 10.2 Å². The average molecular weight is 706 g/mol. The van der Waals surface area contributed by atoms with Crippen molar-refractivity contribution in [3.63, 3.8) is 0 Å². The molecule has 264 valence electrons. The number of halogens is 2. The first kappa shape index (κ1) is 36.3. The third kappa shape index (κ3) is 8.97. The fraction of sp³-hybridized carbons (Fsp3) is 0.316. The number of methoxy groups -OCH3 is 2. The molecular formula is C38H41F2N3O6S. The predicted molar refractivity (Wildman–Crippen MR) is 186 cm³/mol. The molecular weight excluding hydrogens is 664 g/mol. The number of hydrogen-bond donors (Lipinski definition) is 1. The lowest BCUT2D eigenvalue weighted by Gasteiger charge is -2.35. The minimum absolute atomic E-state index is 0.0301. The van der Waals surface area contributed by atoms with E-state index in [0.717, 1.165) is 54.1 Å². The Labute approximate surface area is 291 Å². The van der Waals surface area contributed by atoms with Gasteiger partial charge in [0.15, 0.2) is 11.5 Å². The molecule has 1 fully saturated rings. The molecule has 1 saturated carbocycles. The van der Waals surface area contributed by atoms with Gasteiger partial charge in [-0.2, -0.15) is 0 Å². The summed E-state index contributed by atoms with van der Waals surface area (Å²) in [5.41, 5.74) is 1.36. The first-order chi connectivity index (χ1) is 24.1. The van der Waals surface area contributed by atoms with Crippen LogP contribution in [0.5, 0.6) is 11.5 Å². The Morgan fingerprint density at radius 1 is 0.800 bits per heavy atom. The topological polar surface area (TPSA) is 105 Å². The smallest absolute Gasteiger partial charge is 0.264 e. The van der Waals surface area contributed by atoms with E-state index in [1.807, 2.05) is 30.3 Å². The van der Waals surface area contributed by atoms with E-state index in [9.17, 15) is 26.8 Å². The lowest BCUT2D eigenvalue weighted by molar-refractivity contribution is -0.140. The summed E-state index contributed by atoms with van der Waals surface area (Å²) in [6.07, 6.45) is 4.82. The number of amides is 2. The van der Waals surface area contributed by atoms with Gasteiger partial charge in [-0.05, 0) is 72.5 Å². The van der Waals surface area contributed by atoms with Crippen LogP contribution in [0.1, 0.15) is 43.2 Å². The van der Waals surface area contributed by atoms with Crippen molar-refractivity contribution in [2.24, 2.45) is 0 Å². The van der Waals surface area contributed by atoms with Crippen LogP contribution < -0.4 is 19.1 Å². The lowest BCUT2D eigenvalue weighted by Crippen LogP contribution is -2.55. The molecule has 4 aromatic rings. The Balaban J connectivity index is 1.57. The highest BCUT2D eigenvalue weighted by Crippen LogP contribution is 2.32. The fourth-order valence-electron chi connectivity index (χ4n) is 6.13. The molecule has 50 heavy (non-hydrogen) atoms. The Morgan fingerprint density at radius 3 is 2.04 bits per heavy atom.